The molecule has 2 aliphatic rings. The van der Waals surface area contributed by atoms with Crippen molar-refractivity contribution in [1.29, 1.82) is 0 Å². The molecule has 0 spiro atoms. The molecular formula is C14H19NOS. The number of carbonyl (C=O) groups excluding carboxylic acids is 1. The number of Topliss-reactive ketones (excluding diaryl/α,β-unsaturated/α-hetero) is 1. The van der Waals surface area contributed by atoms with Gasteiger partial charge in [-0.2, -0.15) is 0 Å². The minimum atomic E-state index is -0.329. The molecule has 2 N–H and O–H groups in total. The second kappa shape index (κ2) is 3.35. The van der Waals surface area contributed by atoms with Crippen molar-refractivity contribution in [2.75, 3.05) is 5.73 Å². The highest BCUT2D eigenvalue weighted by atomic mass is 32.1. The first-order valence-corrected chi connectivity index (χ1v) is 7.18. The van der Waals surface area contributed by atoms with Crippen molar-refractivity contribution in [2.24, 2.45) is 5.41 Å². The van der Waals surface area contributed by atoms with E-state index in [1.807, 2.05) is 20.8 Å². The summed E-state index contributed by atoms with van der Waals surface area (Å²) in [7, 11) is 0. The van der Waals surface area contributed by atoms with Gasteiger partial charge in [-0.05, 0) is 36.7 Å². The van der Waals surface area contributed by atoms with Gasteiger partial charge >= 0.3 is 0 Å². The summed E-state index contributed by atoms with van der Waals surface area (Å²) >= 11 is 1.67. The summed E-state index contributed by atoms with van der Waals surface area (Å²) in [5.41, 5.74) is 7.96. The molecule has 0 aromatic carbocycles. The Bertz CT molecular complexity index is 495. The zero-order chi connectivity index (χ0) is 12.4. The molecule has 1 saturated carbocycles. The van der Waals surface area contributed by atoms with Crippen molar-refractivity contribution in [3.05, 3.63) is 16.0 Å². The van der Waals surface area contributed by atoms with E-state index in [0.29, 0.717) is 11.8 Å². The van der Waals surface area contributed by atoms with Gasteiger partial charge in [0.25, 0.3) is 0 Å². The van der Waals surface area contributed by atoms with E-state index in [-0.39, 0.29) is 11.2 Å². The fourth-order valence-corrected chi connectivity index (χ4v) is 4.58. The van der Waals surface area contributed by atoms with Crippen LogP contribution in [0.25, 0.3) is 0 Å². The monoisotopic (exact) mass is 249 g/mol. The summed E-state index contributed by atoms with van der Waals surface area (Å²) in [5, 5.41) is 0.756. The van der Waals surface area contributed by atoms with Crippen molar-refractivity contribution in [1.82, 2.24) is 0 Å². The van der Waals surface area contributed by atoms with Crippen molar-refractivity contribution in [2.45, 2.75) is 51.9 Å². The molecule has 2 aliphatic carbocycles. The summed E-state index contributed by atoms with van der Waals surface area (Å²) in [5.74, 6) is 1.54. The maximum absolute atomic E-state index is 12.5. The number of rotatable bonds is 1. The van der Waals surface area contributed by atoms with Crippen molar-refractivity contribution < 1.29 is 4.79 Å². The minimum Gasteiger partial charge on any atom is -0.390 e. The molecule has 1 heterocycles. The van der Waals surface area contributed by atoms with E-state index in [1.165, 1.54) is 29.7 Å². The first-order chi connectivity index (χ1) is 7.89. The highest BCUT2D eigenvalue weighted by Crippen LogP contribution is 2.58. The third-order valence-corrected chi connectivity index (χ3v) is 5.32. The Hall–Kier alpha value is -0.830. The molecule has 1 aromatic rings. The van der Waals surface area contributed by atoms with Crippen LogP contribution in [0.15, 0.2) is 0 Å². The SMILES string of the molecule is CC(C)(C)C(=O)c1c(N)sc2c1C1CCC2C1. The van der Waals surface area contributed by atoms with Crippen LogP contribution in [0.5, 0.6) is 0 Å². The lowest BCUT2D eigenvalue weighted by atomic mass is 9.83. The number of ketones is 1. The van der Waals surface area contributed by atoms with E-state index in [0.717, 1.165) is 10.6 Å². The fraction of sp³-hybridized carbons (Fsp3) is 0.643. The molecule has 3 rings (SSSR count). The lowest BCUT2D eigenvalue weighted by Crippen LogP contribution is -2.22. The Balaban J connectivity index is 2.13. The topological polar surface area (TPSA) is 43.1 Å². The third kappa shape index (κ3) is 1.48. The zero-order valence-electron chi connectivity index (χ0n) is 10.7. The Labute approximate surface area is 106 Å². The molecule has 2 nitrogen and oxygen atoms in total. The zero-order valence-corrected chi connectivity index (χ0v) is 11.5. The molecule has 2 atom stereocenters. The molecule has 2 unspecified atom stereocenters. The van der Waals surface area contributed by atoms with Gasteiger partial charge in [0.15, 0.2) is 5.78 Å². The molecule has 17 heavy (non-hydrogen) atoms. The first-order valence-electron chi connectivity index (χ1n) is 6.36. The van der Waals surface area contributed by atoms with E-state index in [1.54, 1.807) is 11.3 Å². The van der Waals surface area contributed by atoms with Gasteiger partial charge in [0.05, 0.1) is 10.6 Å². The summed E-state index contributed by atoms with van der Waals surface area (Å²) in [6, 6.07) is 0. The highest BCUT2D eigenvalue weighted by Gasteiger charge is 2.43. The van der Waals surface area contributed by atoms with Crippen LogP contribution in [0.3, 0.4) is 0 Å². The van der Waals surface area contributed by atoms with E-state index in [9.17, 15) is 4.79 Å². The average molecular weight is 249 g/mol. The van der Waals surface area contributed by atoms with E-state index in [2.05, 4.69) is 0 Å². The number of hydrogen-bond donors (Lipinski definition) is 1. The Morgan fingerprint density at radius 1 is 1.29 bits per heavy atom. The van der Waals surface area contributed by atoms with Crippen LogP contribution < -0.4 is 5.73 Å². The Morgan fingerprint density at radius 3 is 2.59 bits per heavy atom. The normalized spacial score (nSPS) is 26.3. The number of anilines is 1. The number of nitrogen functional groups attached to an aromatic ring is 1. The van der Waals surface area contributed by atoms with Crippen LogP contribution in [0.1, 0.15) is 72.7 Å². The molecule has 0 amide bonds. The lowest BCUT2D eigenvalue weighted by Gasteiger charge is -2.19. The van der Waals surface area contributed by atoms with Gasteiger partial charge in [-0.25, -0.2) is 0 Å². The van der Waals surface area contributed by atoms with Gasteiger partial charge in [0.2, 0.25) is 0 Å². The number of nitrogens with two attached hydrogens (primary N) is 1. The summed E-state index contributed by atoms with van der Waals surface area (Å²) in [4.78, 5) is 13.9. The van der Waals surface area contributed by atoms with Crippen LogP contribution in [0, 0.1) is 5.41 Å². The van der Waals surface area contributed by atoms with Crippen molar-refractivity contribution in [3.8, 4) is 0 Å². The standard InChI is InChI=1S/C14H19NOS/c1-14(2,3)12(16)10-9-7-4-5-8(6-7)11(9)17-13(10)15/h7-8H,4-6,15H2,1-3H3. The molecule has 0 radical (unpaired) electrons. The number of hydrogen-bond acceptors (Lipinski definition) is 3. The third-order valence-electron chi connectivity index (χ3n) is 4.12. The van der Waals surface area contributed by atoms with Crippen LogP contribution in [0.2, 0.25) is 0 Å². The molecule has 0 aliphatic heterocycles. The predicted molar refractivity (Wildman–Crippen MR) is 71.8 cm³/mol. The van der Waals surface area contributed by atoms with E-state index < -0.39 is 0 Å². The first kappa shape index (κ1) is 11.3. The summed E-state index contributed by atoms with van der Waals surface area (Å²) in [6.07, 6.45) is 3.80. The number of thiophene rings is 1. The van der Waals surface area contributed by atoms with Crippen LogP contribution in [-0.2, 0) is 0 Å². The predicted octanol–water partition coefficient (Wildman–Crippen LogP) is 3.92. The van der Waals surface area contributed by atoms with Gasteiger partial charge in [-0.1, -0.05) is 20.8 Å². The van der Waals surface area contributed by atoms with Gasteiger partial charge in [-0.3, -0.25) is 4.79 Å². The Morgan fingerprint density at radius 2 is 1.94 bits per heavy atom. The van der Waals surface area contributed by atoms with E-state index in [4.69, 9.17) is 5.73 Å². The quantitative estimate of drug-likeness (QED) is 0.766. The van der Waals surface area contributed by atoms with E-state index >= 15 is 0 Å². The molecule has 92 valence electrons. The smallest absolute Gasteiger partial charge is 0.171 e. The second-order valence-electron chi connectivity index (χ2n) is 6.41. The molecule has 3 heteroatoms. The maximum atomic E-state index is 12.5. The molecule has 1 aromatic heterocycles. The summed E-state index contributed by atoms with van der Waals surface area (Å²) < 4.78 is 0. The largest absolute Gasteiger partial charge is 0.390 e. The fourth-order valence-electron chi connectivity index (χ4n) is 3.28. The molecule has 2 bridgehead atoms. The molecule has 1 fully saturated rings. The molecular weight excluding hydrogens is 230 g/mol. The van der Waals surface area contributed by atoms with Gasteiger partial charge in [-0.15, -0.1) is 11.3 Å². The minimum absolute atomic E-state index is 0.222. The van der Waals surface area contributed by atoms with Crippen molar-refractivity contribution >= 4 is 22.1 Å². The summed E-state index contributed by atoms with van der Waals surface area (Å²) in [6.45, 7) is 5.93. The molecule has 0 saturated heterocycles. The van der Waals surface area contributed by atoms with Gasteiger partial charge in [0.1, 0.15) is 0 Å². The van der Waals surface area contributed by atoms with Crippen LogP contribution in [0.4, 0.5) is 5.00 Å². The maximum Gasteiger partial charge on any atom is 0.171 e. The highest BCUT2D eigenvalue weighted by molar-refractivity contribution is 7.16. The number of fused-ring (bicyclic) bond motifs is 5. The van der Waals surface area contributed by atoms with Crippen LogP contribution in [-0.4, -0.2) is 5.78 Å². The van der Waals surface area contributed by atoms with Crippen molar-refractivity contribution in [3.63, 3.8) is 0 Å². The Kier molecular flexibility index (Phi) is 2.22. The van der Waals surface area contributed by atoms with Crippen LogP contribution >= 0.6 is 11.3 Å². The average Bonchev–Trinajstić information content (AvgIpc) is 2.84. The van der Waals surface area contributed by atoms with Gasteiger partial charge in [0, 0.05) is 10.3 Å². The second-order valence-corrected chi connectivity index (χ2v) is 7.49. The lowest BCUT2D eigenvalue weighted by molar-refractivity contribution is 0.0858. The van der Waals surface area contributed by atoms with Gasteiger partial charge < -0.3 is 5.73 Å². The number of carbonyl (C=O) groups is 1.